The van der Waals surface area contributed by atoms with E-state index in [-0.39, 0.29) is 12.5 Å². The molecule has 0 radical (unpaired) electrons. The third-order valence-electron chi connectivity index (χ3n) is 4.88. The van der Waals surface area contributed by atoms with E-state index in [0.717, 1.165) is 11.1 Å². The fraction of sp³-hybridized carbons (Fsp3) is 0.318. The summed E-state index contributed by atoms with van der Waals surface area (Å²) in [6, 6.07) is 14.2. The lowest BCUT2D eigenvalue weighted by atomic mass is 10.1. The third kappa shape index (κ3) is 5.03. The van der Waals surface area contributed by atoms with Crippen LogP contribution in [-0.2, 0) is 25.6 Å². The number of methoxy groups -OCH3 is 1. The van der Waals surface area contributed by atoms with Crippen LogP contribution in [0, 0.1) is 12.3 Å². The highest BCUT2D eigenvalue weighted by atomic mass is 16.5. The van der Waals surface area contributed by atoms with Gasteiger partial charge in [0.25, 0.3) is 11.8 Å². The molecule has 8 heteroatoms. The van der Waals surface area contributed by atoms with E-state index in [9.17, 15) is 14.7 Å². The molecular weight excluding hydrogens is 386 g/mol. The van der Waals surface area contributed by atoms with E-state index in [4.69, 9.17) is 14.9 Å². The Bertz CT molecular complexity index is 911. The fourth-order valence-electron chi connectivity index (χ4n) is 3.12. The first kappa shape index (κ1) is 21.5. The second-order valence-electron chi connectivity index (χ2n) is 7.08. The van der Waals surface area contributed by atoms with Gasteiger partial charge in [-0.2, -0.15) is 0 Å². The number of ether oxygens (including phenoxy) is 2. The van der Waals surface area contributed by atoms with Gasteiger partial charge in [0.05, 0.1) is 13.7 Å². The average Bonchev–Trinajstić information content (AvgIpc) is 2.76. The molecule has 3 rings (SSSR count). The predicted octanol–water partition coefficient (Wildman–Crippen LogP) is 1.69. The number of nitrogens with zero attached hydrogens (tertiary/aromatic N) is 1. The van der Waals surface area contributed by atoms with E-state index >= 15 is 0 Å². The Hall–Kier alpha value is -3.23. The smallest absolute Gasteiger partial charge is 0.256 e. The van der Waals surface area contributed by atoms with Crippen LogP contribution >= 0.6 is 0 Å². The number of carbonyl (C=O) groups excluding carboxylic acids is 2. The minimum atomic E-state index is -1.64. The van der Waals surface area contributed by atoms with Crippen molar-refractivity contribution in [3.63, 3.8) is 0 Å². The van der Waals surface area contributed by atoms with Crippen molar-refractivity contribution in [3.05, 3.63) is 65.2 Å². The number of aryl methyl sites for hydroxylation is 1. The second kappa shape index (κ2) is 9.51. The second-order valence-corrected chi connectivity index (χ2v) is 7.08. The molecule has 2 amide bonds. The molecule has 3 N–H and O–H groups in total. The van der Waals surface area contributed by atoms with Gasteiger partial charge in [-0.05, 0) is 36.8 Å². The summed E-state index contributed by atoms with van der Waals surface area (Å²) in [6.07, 6.45) is -2.90. The molecule has 0 spiro atoms. The maximum Gasteiger partial charge on any atom is 0.256 e. The largest absolute Gasteiger partial charge is 0.481 e. The van der Waals surface area contributed by atoms with Gasteiger partial charge in [-0.3, -0.25) is 15.0 Å². The number of aliphatic hydroxyl groups excluding tert-OH is 1. The zero-order chi connectivity index (χ0) is 21.7. The van der Waals surface area contributed by atoms with Crippen LogP contribution in [-0.4, -0.2) is 60.2 Å². The van der Waals surface area contributed by atoms with E-state index in [1.165, 1.54) is 7.11 Å². The molecule has 0 bridgehead atoms. The number of carbonyl (C=O) groups is 2. The summed E-state index contributed by atoms with van der Waals surface area (Å²) in [7, 11) is 1.40. The molecule has 0 aromatic heterocycles. The first-order chi connectivity index (χ1) is 14.4. The maximum atomic E-state index is 12.8. The lowest BCUT2D eigenvalue weighted by molar-refractivity contribution is -0.166. The van der Waals surface area contributed by atoms with Crippen LogP contribution < -0.4 is 5.32 Å². The number of anilines is 1. The number of aliphatic hydroxyl groups is 1. The Morgan fingerprint density at radius 2 is 1.93 bits per heavy atom. The normalized spacial score (nSPS) is 17.4. The molecule has 8 nitrogen and oxygen atoms in total. The van der Waals surface area contributed by atoms with E-state index in [1.807, 2.05) is 31.2 Å². The Morgan fingerprint density at radius 3 is 2.57 bits per heavy atom. The molecule has 1 fully saturated rings. The molecule has 2 atom stereocenters. The molecule has 1 aliphatic rings. The molecule has 0 aliphatic carbocycles. The minimum Gasteiger partial charge on any atom is -0.481 e. The first-order valence-electron chi connectivity index (χ1n) is 9.57. The van der Waals surface area contributed by atoms with E-state index in [0.29, 0.717) is 24.3 Å². The third-order valence-corrected chi connectivity index (χ3v) is 4.88. The Morgan fingerprint density at radius 1 is 1.27 bits per heavy atom. The minimum absolute atomic E-state index is 0.00258. The fourth-order valence-corrected chi connectivity index (χ4v) is 3.12. The van der Waals surface area contributed by atoms with Crippen molar-refractivity contribution >= 4 is 23.4 Å². The number of hydrogen-bond donors (Lipinski definition) is 3. The molecule has 1 aliphatic heterocycles. The predicted molar refractivity (Wildman–Crippen MR) is 111 cm³/mol. The van der Waals surface area contributed by atoms with Crippen molar-refractivity contribution < 1.29 is 24.2 Å². The summed E-state index contributed by atoms with van der Waals surface area (Å²) in [5.41, 5.74) is 3.07. The van der Waals surface area contributed by atoms with Crippen LogP contribution in [0.15, 0.2) is 48.5 Å². The van der Waals surface area contributed by atoms with Crippen molar-refractivity contribution in [3.8, 4) is 0 Å². The van der Waals surface area contributed by atoms with Crippen LogP contribution in [0.5, 0.6) is 0 Å². The summed E-state index contributed by atoms with van der Waals surface area (Å²) in [5.74, 6) is -1.16. The van der Waals surface area contributed by atoms with Crippen molar-refractivity contribution in [2.24, 2.45) is 0 Å². The lowest BCUT2D eigenvalue weighted by Gasteiger charge is -2.34. The van der Waals surface area contributed by atoms with Gasteiger partial charge >= 0.3 is 0 Å². The molecule has 1 saturated heterocycles. The van der Waals surface area contributed by atoms with Gasteiger partial charge in [-0.25, -0.2) is 0 Å². The molecule has 1 heterocycles. The SMILES string of the molecule is COC(=N)c1ccc(NC(=O)C(O)C2OCCN(Cc3ccc(C)cc3)C2=O)cc1. The molecular formula is C22H25N3O5. The van der Waals surface area contributed by atoms with Gasteiger partial charge in [0.2, 0.25) is 5.90 Å². The van der Waals surface area contributed by atoms with Gasteiger partial charge in [-0.15, -0.1) is 0 Å². The average molecular weight is 411 g/mol. The molecule has 30 heavy (non-hydrogen) atoms. The summed E-state index contributed by atoms with van der Waals surface area (Å²) < 4.78 is 10.3. The number of amides is 2. The first-order valence-corrected chi connectivity index (χ1v) is 9.57. The standard InChI is InChI=1S/C22H25N3O5/c1-14-3-5-15(6-4-14)13-25-11-12-30-19(22(25)28)18(26)21(27)24-17-9-7-16(8-10-17)20(23)29-2/h3-10,18-19,23,26H,11-13H2,1-2H3,(H,24,27). The van der Waals surface area contributed by atoms with Crippen LogP contribution in [0.3, 0.4) is 0 Å². The Labute approximate surface area is 174 Å². The van der Waals surface area contributed by atoms with E-state index in [1.54, 1.807) is 29.2 Å². The summed E-state index contributed by atoms with van der Waals surface area (Å²) in [5, 5.41) is 20.6. The number of hydrogen-bond acceptors (Lipinski definition) is 6. The summed E-state index contributed by atoms with van der Waals surface area (Å²) in [6.45, 7) is 3.01. The van der Waals surface area contributed by atoms with Gasteiger partial charge in [0.1, 0.15) is 0 Å². The maximum absolute atomic E-state index is 12.8. The van der Waals surface area contributed by atoms with E-state index < -0.39 is 24.0 Å². The number of rotatable bonds is 6. The Kier molecular flexibility index (Phi) is 6.81. The molecule has 2 aromatic carbocycles. The number of morpholine rings is 1. The zero-order valence-electron chi connectivity index (χ0n) is 16.9. The van der Waals surface area contributed by atoms with Gasteiger partial charge in [0.15, 0.2) is 12.2 Å². The Balaban J connectivity index is 1.62. The highest BCUT2D eigenvalue weighted by Gasteiger charge is 2.38. The topological polar surface area (TPSA) is 112 Å². The highest BCUT2D eigenvalue weighted by Crippen LogP contribution is 2.17. The molecule has 0 saturated carbocycles. The van der Waals surface area contributed by atoms with Crippen molar-refractivity contribution in [1.82, 2.24) is 4.90 Å². The van der Waals surface area contributed by atoms with Gasteiger partial charge < -0.3 is 24.8 Å². The molecule has 2 unspecified atom stereocenters. The van der Waals surface area contributed by atoms with Crippen molar-refractivity contribution in [2.75, 3.05) is 25.6 Å². The number of nitrogens with one attached hydrogen (secondary N) is 2. The lowest BCUT2D eigenvalue weighted by Crippen LogP contribution is -2.54. The summed E-state index contributed by atoms with van der Waals surface area (Å²) in [4.78, 5) is 26.8. The van der Waals surface area contributed by atoms with Crippen LogP contribution in [0.2, 0.25) is 0 Å². The molecule has 158 valence electrons. The zero-order valence-corrected chi connectivity index (χ0v) is 16.9. The quantitative estimate of drug-likeness (QED) is 0.495. The van der Waals surface area contributed by atoms with Crippen LogP contribution in [0.25, 0.3) is 0 Å². The van der Waals surface area contributed by atoms with Crippen LogP contribution in [0.1, 0.15) is 16.7 Å². The van der Waals surface area contributed by atoms with Gasteiger partial charge in [-0.1, -0.05) is 29.8 Å². The summed E-state index contributed by atoms with van der Waals surface area (Å²) >= 11 is 0. The molecule has 2 aromatic rings. The highest BCUT2D eigenvalue weighted by molar-refractivity contribution is 5.99. The number of benzene rings is 2. The van der Waals surface area contributed by atoms with Crippen LogP contribution in [0.4, 0.5) is 5.69 Å². The van der Waals surface area contributed by atoms with Gasteiger partial charge in [0, 0.05) is 24.3 Å². The monoisotopic (exact) mass is 411 g/mol. The van der Waals surface area contributed by atoms with Crippen molar-refractivity contribution in [2.45, 2.75) is 25.7 Å². The van der Waals surface area contributed by atoms with Crippen molar-refractivity contribution in [1.29, 1.82) is 5.41 Å². The van der Waals surface area contributed by atoms with E-state index in [2.05, 4.69) is 5.32 Å².